The Morgan fingerprint density at radius 3 is 2.50 bits per heavy atom. The van der Waals surface area contributed by atoms with E-state index in [1.807, 2.05) is 32.3 Å². The Balaban J connectivity index is 2.57. The molecule has 0 saturated heterocycles. The van der Waals surface area contributed by atoms with Gasteiger partial charge in [0.2, 0.25) is 0 Å². The van der Waals surface area contributed by atoms with Gasteiger partial charge in [0.05, 0.1) is 12.5 Å². The Hall–Kier alpha value is -1.43. The number of aliphatic carboxylic acids is 1. The molecule has 5 nitrogen and oxygen atoms in total. The molecule has 0 aliphatic heterocycles. The van der Waals surface area contributed by atoms with Crippen LogP contribution in [-0.2, 0) is 4.79 Å². The van der Waals surface area contributed by atoms with Crippen molar-refractivity contribution in [3.05, 3.63) is 35.9 Å². The molecule has 0 fully saturated rings. The number of hydrogen-bond acceptors (Lipinski definition) is 4. The van der Waals surface area contributed by atoms with Gasteiger partial charge >= 0.3 is 5.97 Å². The Morgan fingerprint density at radius 2 is 1.95 bits per heavy atom. The molecule has 0 amide bonds. The maximum absolute atomic E-state index is 10.9. The summed E-state index contributed by atoms with van der Waals surface area (Å²) in [6, 6.07) is 8.68. The predicted molar refractivity (Wildman–Crippen MR) is 78.6 cm³/mol. The van der Waals surface area contributed by atoms with E-state index in [0.717, 1.165) is 18.5 Å². The van der Waals surface area contributed by atoms with Crippen LogP contribution < -0.4 is 5.32 Å². The average Bonchev–Trinajstić information content (AvgIpc) is 2.41. The minimum atomic E-state index is -0.912. The molecule has 0 bridgehead atoms. The van der Waals surface area contributed by atoms with Gasteiger partial charge in [-0.2, -0.15) is 0 Å². The van der Waals surface area contributed by atoms with E-state index in [9.17, 15) is 9.90 Å². The zero-order chi connectivity index (χ0) is 15.0. The standard InChI is InChI=1S/C15H24N2O3/c1-17(2)10-6-9-16-13(11-14(18)19)15(20)12-7-4-3-5-8-12/h3-5,7-8,13,15-16,20H,6,9-11H2,1-2H3,(H,18,19). The molecule has 1 aromatic carbocycles. The minimum absolute atomic E-state index is 0.0992. The first kappa shape index (κ1) is 16.6. The lowest BCUT2D eigenvalue weighted by atomic mass is 9.99. The summed E-state index contributed by atoms with van der Waals surface area (Å²) in [7, 11) is 3.99. The first-order chi connectivity index (χ1) is 9.50. The zero-order valence-electron chi connectivity index (χ0n) is 12.1. The molecule has 112 valence electrons. The Bertz CT molecular complexity index is 395. The van der Waals surface area contributed by atoms with E-state index in [0.29, 0.717) is 6.54 Å². The molecule has 20 heavy (non-hydrogen) atoms. The molecule has 2 unspecified atom stereocenters. The summed E-state index contributed by atoms with van der Waals surface area (Å²) >= 11 is 0. The van der Waals surface area contributed by atoms with E-state index in [1.54, 1.807) is 12.1 Å². The van der Waals surface area contributed by atoms with Crippen LogP contribution in [0.4, 0.5) is 0 Å². The lowest BCUT2D eigenvalue weighted by Crippen LogP contribution is -2.38. The fraction of sp³-hybridized carbons (Fsp3) is 0.533. The molecule has 0 aromatic heterocycles. The SMILES string of the molecule is CN(C)CCCNC(CC(=O)O)C(O)c1ccccc1. The van der Waals surface area contributed by atoms with E-state index in [4.69, 9.17) is 5.11 Å². The van der Waals surface area contributed by atoms with Gasteiger partial charge in [-0.1, -0.05) is 30.3 Å². The number of aliphatic hydroxyl groups excluding tert-OH is 1. The van der Waals surface area contributed by atoms with Gasteiger partial charge in [-0.25, -0.2) is 0 Å². The largest absolute Gasteiger partial charge is 0.481 e. The number of aliphatic hydroxyl groups is 1. The van der Waals surface area contributed by atoms with Crippen molar-refractivity contribution in [2.45, 2.75) is 25.0 Å². The normalized spacial score (nSPS) is 14.2. The van der Waals surface area contributed by atoms with Crippen LogP contribution in [0.15, 0.2) is 30.3 Å². The molecular weight excluding hydrogens is 256 g/mol. The number of nitrogens with one attached hydrogen (secondary N) is 1. The fourth-order valence-electron chi connectivity index (χ4n) is 2.05. The van der Waals surface area contributed by atoms with Gasteiger partial charge in [0.25, 0.3) is 0 Å². The van der Waals surface area contributed by atoms with Crippen molar-refractivity contribution in [2.75, 3.05) is 27.2 Å². The number of carboxylic acids is 1. The predicted octanol–water partition coefficient (Wildman–Crippen LogP) is 1.10. The second-order valence-corrected chi connectivity index (χ2v) is 5.17. The molecule has 0 aliphatic carbocycles. The van der Waals surface area contributed by atoms with Gasteiger partial charge in [0.15, 0.2) is 0 Å². The number of nitrogens with zero attached hydrogens (tertiary/aromatic N) is 1. The molecule has 1 rings (SSSR count). The highest BCUT2D eigenvalue weighted by atomic mass is 16.4. The van der Waals surface area contributed by atoms with Gasteiger partial charge < -0.3 is 20.4 Å². The second-order valence-electron chi connectivity index (χ2n) is 5.17. The second kappa shape index (κ2) is 8.68. The number of carbonyl (C=O) groups is 1. The topological polar surface area (TPSA) is 72.8 Å². The Kier molecular flexibility index (Phi) is 7.22. The van der Waals surface area contributed by atoms with E-state index < -0.39 is 18.1 Å². The molecule has 0 heterocycles. The molecule has 1 aromatic rings. The Labute approximate surface area is 120 Å². The van der Waals surface area contributed by atoms with Crippen molar-refractivity contribution < 1.29 is 15.0 Å². The monoisotopic (exact) mass is 280 g/mol. The lowest BCUT2D eigenvalue weighted by Gasteiger charge is -2.23. The van der Waals surface area contributed by atoms with Gasteiger partial charge in [-0.15, -0.1) is 0 Å². The summed E-state index contributed by atoms with van der Waals surface area (Å²) in [6.45, 7) is 1.61. The van der Waals surface area contributed by atoms with Crippen molar-refractivity contribution >= 4 is 5.97 Å². The van der Waals surface area contributed by atoms with E-state index in [-0.39, 0.29) is 6.42 Å². The molecule has 0 radical (unpaired) electrons. The zero-order valence-corrected chi connectivity index (χ0v) is 12.1. The molecule has 0 aliphatic rings. The van der Waals surface area contributed by atoms with Crippen LogP contribution in [-0.4, -0.2) is 54.3 Å². The summed E-state index contributed by atoms with van der Waals surface area (Å²) in [5.41, 5.74) is 0.735. The third kappa shape index (κ3) is 6.14. The van der Waals surface area contributed by atoms with Crippen LogP contribution >= 0.6 is 0 Å². The van der Waals surface area contributed by atoms with Crippen molar-refractivity contribution in [1.82, 2.24) is 10.2 Å². The van der Waals surface area contributed by atoms with Crippen molar-refractivity contribution in [1.29, 1.82) is 0 Å². The molecule has 0 spiro atoms. The van der Waals surface area contributed by atoms with Crippen LogP contribution in [0, 0.1) is 0 Å². The van der Waals surface area contributed by atoms with E-state index in [1.165, 1.54) is 0 Å². The molecule has 0 saturated carbocycles. The van der Waals surface area contributed by atoms with Crippen molar-refractivity contribution in [3.8, 4) is 0 Å². The molecule has 2 atom stereocenters. The van der Waals surface area contributed by atoms with Gasteiger partial charge in [0.1, 0.15) is 0 Å². The summed E-state index contributed by atoms with van der Waals surface area (Å²) in [5, 5.41) is 22.4. The number of benzene rings is 1. The third-order valence-electron chi connectivity index (χ3n) is 3.11. The Morgan fingerprint density at radius 1 is 1.30 bits per heavy atom. The van der Waals surface area contributed by atoms with Gasteiger partial charge in [0, 0.05) is 6.04 Å². The summed E-state index contributed by atoms with van der Waals surface area (Å²) in [6.07, 6.45) is -0.00509. The molecular formula is C15H24N2O3. The van der Waals surface area contributed by atoms with Crippen LogP contribution in [0.3, 0.4) is 0 Å². The number of hydrogen-bond donors (Lipinski definition) is 3. The maximum atomic E-state index is 10.9. The van der Waals surface area contributed by atoms with E-state index in [2.05, 4.69) is 10.2 Å². The van der Waals surface area contributed by atoms with Crippen molar-refractivity contribution in [3.63, 3.8) is 0 Å². The highest BCUT2D eigenvalue weighted by molar-refractivity contribution is 5.67. The first-order valence-corrected chi connectivity index (χ1v) is 6.83. The smallest absolute Gasteiger partial charge is 0.305 e. The maximum Gasteiger partial charge on any atom is 0.305 e. The first-order valence-electron chi connectivity index (χ1n) is 6.83. The third-order valence-corrected chi connectivity index (χ3v) is 3.11. The van der Waals surface area contributed by atoms with Crippen LogP contribution in [0.5, 0.6) is 0 Å². The molecule has 3 N–H and O–H groups in total. The average molecular weight is 280 g/mol. The van der Waals surface area contributed by atoms with E-state index >= 15 is 0 Å². The minimum Gasteiger partial charge on any atom is -0.481 e. The number of carboxylic acid groups (broad SMARTS) is 1. The summed E-state index contributed by atoms with van der Waals surface area (Å²) in [5.74, 6) is -0.912. The number of rotatable bonds is 9. The van der Waals surface area contributed by atoms with Crippen LogP contribution in [0.25, 0.3) is 0 Å². The summed E-state index contributed by atoms with van der Waals surface area (Å²) < 4.78 is 0. The highest BCUT2D eigenvalue weighted by Crippen LogP contribution is 2.18. The molecule has 5 heteroatoms. The quantitative estimate of drug-likeness (QED) is 0.591. The highest BCUT2D eigenvalue weighted by Gasteiger charge is 2.22. The van der Waals surface area contributed by atoms with Crippen LogP contribution in [0.1, 0.15) is 24.5 Å². The lowest BCUT2D eigenvalue weighted by molar-refractivity contribution is -0.138. The summed E-state index contributed by atoms with van der Waals surface area (Å²) in [4.78, 5) is 13.0. The van der Waals surface area contributed by atoms with Crippen molar-refractivity contribution in [2.24, 2.45) is 0 Å². The van der Waals surface area contributed by atoms with Gasteiger partial charge in [-0.05, 0) is 39.2 Å². The fourth-order valence-corrected chi connectivity index (χ4v) is 2.05. The van der Waals surface area contributed by atoms with Crippen LogP contribution in [0.2, 0.25) is 0 Å². The van der Waals surface area contributed by atoms with Gasteiger partial charge in [-0.3, -0.25) is 4.79 Å².